The zero-order valence-electron chi connectivity index (χ0n) is 52.0. The largest absolute Gasteiger partial charge is 0.309 e. The molecule has 0 saturated heterocycles. The summed E-state index contributed by atoms with van der Waals surface area (Å²) in [5.41, 5.74) is 26.1. The lowest BCUT2D eigenvalue weighted by atomic mass is 10.0. The molecule has 21 rings (SSSR count). The molecule has 0 spiro atoms. The molecule has 1 aliphatic carbocycles. The molecule has 5 aromatic heterocycles. The summed E-state index contributed by atoms with van der Waals surface area (Å²) in [5, 5.41) is 13.6. The van der Waals surface area contributed by atoms with Crippen molar-refractivity contribution >= 4 is 109 Å². The van der Waals surface area contributed by atoms with Crippen LogP contribution in [0.15, 0.2) is 340 Å². The molecule has 0 fully saturated rings. The second kappa shape index (κ2) is 21.3. The smallest absolute Gasteiger partial charge is 0.235 e. The summed E-state index contributed by atoms with van der Waals surface area (Å²) in [4.78, 5) is 10.4. The Balaban J connectivity index is 0.000000131. The Bertz CT molecular complexity index is 6540. The van der Waals surface area contributed by atoms with E-state index in [1.54, 1.807) is 0 Å². The van der Waals surface area contributed by atoms with Crippen LogP contribution in [0.25, 0.3) is 188 Å². The van der Waals surface area contributed by atoms with Gasteiger partial charge in [0.2, 0.25) is 5.95 Å². The van der Waals surface area contributed by atoms with Gasteiger partial charge in [0, 0.05) is 70.8 Å². The van der Waals surface area contributed by atoms with Crippen molar-refractivity contribution in [2.24, 2.45) is 0 Å². The number of fused-ring (bicyclic) bond motifs is 16. The van der Waals surface area contributed by atoms with Gasteiger partial charge in [-0.05, 0) is 159 Å². The topological polar surface area (TPSA) is 45.5 Å². The zero-order valence-corrected chi connectivity index (χ0v) is 52.0. The van der Waals surface area contributed by atoms with E-state index >= 15 is 0 Å². The quantitative estimate of drug-likeness (QED) is 0.160. The van der Waals surface area contributed by atoms with E-state index < -0.39 is 0 Å². The minimum absolute atomic E-state index is 0.668. The van der Waals surface area contributed by atoms with Crippen molar-refractivity contribution in [1.29, 1.82) is 0 Å². The second-order valence-electron chi connectivity index (χ2n) is 25.2. The molecule has 0 aliphatic heterocycles. The Hall–Kier alpha value is -12.9. The summed E-state index contributed by atoms with van der Waals surface area (Å²) in [6, 6.07) is 123. The normalized spacial score (nSPS) is 12.0. The summed E-state index contributed by atoms with van der Waals surface area (Å²) in [6.45, 7) is 0. The fraction of sp³-hybridized carbons (Fsp3) is 0. The minimum atomic E-state index is 0.668. The second-order valence-corrected chi connectivity index (χ2v) is 25.2. The van der Waals surface area contributed by atoms with Crippen LogP contribution in [0.2, 0.25) is 0 Å². The summed E-state index contributed by atoms with van der Waals surface area (Å²) in [6.07, 6.45) is 0. The molecule has 0 unspecified atom stereocenters. The molecule has 6 nitrogen and oxygen atoms in total. The van der Waals surface area contributed by atoms with Gasteiger partial charge >= 0.3 is 0 Å². The number of benzene rings is 15. The lowest BCUT2D eigenvalue weighted by Crippen LogP contribution is -2.03. The maximum Gasteiger partial charge on any atom is 0.235 e. The molecule has 15 aromatic carbocycles. The van der Waals surface area contributed by atoms with E-state index in [2.05, 4.69) is 346 Å². The van der Waals surface area contributed by atoms with Gasteiger partial charge in [-0.1, -0.05) is 231 Å². The molecule has 6 heteroatoms. The first kappa shape index (κ1) is 53.7. The predicted molar refractivity (Wildman–Crippen MR) is 402 cm³/mol. The van der Waals surface area contributed by atoms with Crippen molar-refractivity contribution in [2.75, 3.05) is 0 Å². The Labute approximate surface area is 552 Å². The van der Waals surface area contributed by atoms with Gasteiger partial charge in [0.15, 0.2) is 0 Å². The monoisotopic (exact) mass is 1220 g/mol. The van der Waals surface area contributed by atoms with E-state index in [9.17, 15) is 0 Å². The van der Waals surface area contributed by atoms with Crippen molar-refractivity contribution in [3.8, 4) is 78.8 Å². The summed E-state index contributed by atoms with van der Waals surface area (Å²) < 4.78 is 9.42. The Morgan fingerprint density at radius 2 is 0.552 bits per heavy atom. The van der Waals surface area contributed by atoms with E-state index in [-0.39, 0.29) is 0 Å². The van der Waals surface area contributed by atoms with Crippen molar-refractivity contribution in [2.45, 2.75) is 0 Å². The molecule has 446 valence electrons. The van der Waals surface area contributed by atoms with E-state index in [0.717, 1.165) is 38.9 Å². The molecule has 0 bridgehead atoms. The average Bonchev–Trinajstić information content (AvgIpc) is 2.56. The highest BCUT2D eigenvalue weighted by atomic mass is 15.2. The maximum atomic E-state index is 5.23. The van der Waals surface area contributed by atoms with Crippen LogP contribution in [-0.2, 0) is 0 Å². The van der Waals surface area contributed by atoms with E-state index in [1.807, 2.05) is 12.1 Å². The molecule has 0 radical (unpaired) electrons. The number of para-hydroxylation sites is 7. The van der Waals surface area contributed by atoms with Gasteiger partial charge in [0.1, 0.15) is 0 Å². The molecule has 96 heavy (non-hydrogen) atoms. The number of nitrogens with zero attached hydrogens (tertiary/aromatic N) is 6. The van der Waals surface area contributed by atoms with Crippen LogP contribution in [0.3, 0.4) is 0 Å². The fourth-order valence-corrected chi connectivity index (χ4v) is 15.8. The maximum absolute atomic E-state index is 5.23. The van der Waals surface area contributed by atoms with E-state index in [1.165, 1.54) is 143 Å². The van der Waals surface area contributed by atoms with Crippen LogP contribution < -0.4 is 0 Å². The molecule has 0 N–H and O–H groups in total. The minimum Gasteiger partial charge on any atom is -0.309 e. The molecule has 20 aromatic rings. The van der Waals surface area contributed by atoms with Gasteiger partial charge in [-0.3, -0.25) is 4.57 Å². The SMILES string of the molecule is c1ccc(-c2nc(-n3c4ccccc4c4cc(-c5ccc6c(c5)c5ccccc5n6-c5ccccc5)ccc43)nc3ccccc23)cc1.c1ccc(-n2c3ccccc3c3cc(-c4ccc5c(c4)c4ccccc4n5-c4ccc5c6c(cccc46)-c4ccccc4-5)ccc32)cc1. The third-order valence-electron chi connectivity index (χ3n) is 20.0. The van der Waals surface area contributed by atoms with E-state index in [4.69, 9.17) is 9.97 Å². The van der Waals surface area contributed by atoms with Crippen LogP contribution in [0.5, 0.6) is 0 Å². The first-order valence-electron chi connectivity index (χ1n) is 32.9. The number of hydrogen-bond acceptors (Lipinski definition) is 2. The third-order valence-corrected chi connectivity index (χ3v) is 20.0. The summed E-state index contributed by atoms with van der Waals surface area (Å²) >= 11 is 0. The molecule has 1 aliphatic rings. The molecule has 5 heterocycles. The van der Waals surface area contributed by atoms with Crippen LogP contribution in [0.4, 0.5) is 0 Å². The summed E-state index contributed by atoms with van der Waals surface area (Å²) in [7, 11) is 0. The zero-order chi connectivity index (χ0) is 63.0. The highest BCUT2D eigenvalue weighted by molar-refractivity contribution is 6.20. The van der Waals surface area contributed by atoms with Gasteiger partial charge < -0.3 is 13.7 Å². The van der Waals surface area contributed by atoms with Gasteiger partial charge in [-0.25, -0.2) is 9.97 Å². The summed E-state index contributed by atoms with van der Waals surface area (Å²) in [5.74, 6) is 0.668. The van der Waals surface area contributed by atoms with Crippen LogP contribution >= 0.6 is 0 Å². The van der Waals surface area contributed by atoms with Gasteiger partial charge in [0.05, 0.1) is 61.0 Å². The first-order chi connectivity index (χ1) is 47.6. The number of hydrogen-bond donors (Lipinski definition) is 0. The first-order valence-corrected chi connectivity index (χ1v) is 32.9. The Morgan fingerprint density at radius 1 is 0.198 bits per heavy atom. The molecular weight excluding hydrogens is 1170 g/mol. The van der Waals surface area contributed by atoms with Gasteiger partial charge in [0.25, 0.3) is 0 Å². The Kier molecular flexibility index (Phi) is 11.9. The van der Waals surface area contributed by atoms with E-state index in [0.29, 0.717) is 5.95 Å². The highest BCUT2D eigenvalue weighted by Crippen LogP contribution is 2.50. The lowest BCUT2D eigenvalue weighted by molar-refractivity contribution is 1.01. The van der Waals surface area contributed by atoms with Crippen LogP contribution in [-0.4, -0.2) is 28.2 Å². The van der Waals surface area contributed by atoms with Gasteiger partial charge in [-0.2, -0.15) is 0 Å². The third kappa shape index (κ3) is 8.19. The average molecular weight is 1220 g/mol. The van der Waals surface area contributed by atoms with Crippen molar-refractivity contribution < 1.29 is 0 Å². The van der Waals surface area contributed by atoms with Crippen molar-refractivity contribution in [1.82, 2.24) is 28.2 Å². The molecular formula is C90H56N6. The van der Waals surface area contributed by atoms with Crippen LogP contribution in [0, 0.1) is 0 Å². The number of rotatable bonds is 7. The molecule has 0 atom stereocenters. The Morgan fingerprint density at radius 3 is 1.05 bits per heavy atom. The van der Waals surface area contributed by atoms with Gasteiger partial charge in [-0.15, -0.1) is 0 Å². The van der Waals surface area contributed by atoms with Crippen LogP contribution in [0.1, 0.15) is 0 Å². The van der Waals surface area contributed by atoms with Crippen molar-refractivity contribution in [3.63, 3.8) is 0 Å². The number of aromatic nitrogens is 6. The van der Waals surface area contributed by atoms with Crippen molar-refractivity contribution in [3.05, 3.63) is 340 Å². The fourth-order valence-electron chi connectivity index (χ4n) is 15.8. The standard InChI is InChI=1S/C46H28N2.C44H28N4/c1-2-11-31(12-3-1)47-41-19-8-6-15-34(41)39-27-29(21-24-44(39)47)30-22-25-45-40(28-30)35-16-7-9-20-42(35)48(45)43-26-23-37-33-14-5-4-13-32(33)36-17-10-18-38(43)46(36)37;1-3-13-29(14-4-1)43-35-19-7-10-20-38(35)45-44(46-43)48-40-22-12-9-18-34(40)37-28-31(24-26-42(37)48)30-23-25-41-36(27-30)33-17-8-11-21-39(33)47(41)32-15-5-2-6-16-32/h2*1-28H. The lowest BCUT2D eigenvalue weighted by Gasteiger charge is -2.13. The molecule has 0 amide bonds. The molecule has 0 saturated carbocycles. The highest BCUT2D eigenvalue weighted by Gasteiger charge is 2.25. The predicted octanol–water partition coefficient (Wildman–Crippen LogP) is 23.5.